The van der Waals surface area contributed by atoms with Crippen molar-refractivity contribution < 1.29 is 0 Å². The first-order valence-electron chi connectivity index (χ1n) is 4.90. The smallest absolute Gasteiger partial charge is 0.133 e. The van der Waals surface area contributed by atoms with Crippen molar-refractivity contribution in [1.82, 2.24) is 4.98 Å². The summed E-state index contributed by atoms with van der Waals surface area (Å²) >= 11 is 2.28. The van der Waals surface area contributed by atoms with Gasteiger partial charge in [-0.2, -0.15) is 0 Å². The van der Waals surface area contributed by atoms with Crippen LogP contribution < -0.4 is 11.1 Å². The molecule has 0 saturated heterocycles. The molecule has 0 radical (unpaired) electrons. The Bertz CT molecular complexity index is 511. The number of halogens is 1. The molecule has 0 aliphatic heterocycles. The third kappa shape index (κ3) is 2.63. The van der Waals surface area contributed by atoms with Gasteiger partial charge in [-0.3, -0.25) is 0 Å². The van der Waals surface area contributed by atoms with E-state index in [1.807, 2.05) is 25.1 Å². The number of nitrogens with two attached hydrogens (primary N) is 1. The van der Waals surface area contributed by atoms with Crippen LogP contribution in [0.3, 0.4) is 0 Å². The Morgan fingerprint density at radius 2 is 2.12 bits per heavy atom. The topological polar surface area (TPSA) is 50.9 Å². The average Bonchev–Trinajstić information content (AvgIpc) is 2.22. The normalized spacial score (nSPS) is 10.1. The zero-order valence-corrected chi connectivity index (χ0v) is 11.0. The molecule has 0 saturated carbocycles. The van der Waals surface area contributed by atoms with Crippen molar-refractivity contribution in [3.05, 3.63) is 45.7 Å². The summed E-state index contributed by atoms with van der Waals surface area (Å²) in [5.74, 6) is 0.844. The fourth-order valence-corrected chi connectivity index (χ4v) is 1.97. The van der Waals surface area contributed by atoms with Crippen LogP contribution in [-0.2, 0) is 0 Å². The molecule has 0 aliphatic rings. The molecule has 0 amide bonds. The summed E-state index contributed by atoms with van der Waals surface area (Å²) in [6, 6.07) is 10.0. The number of nitrogens with one attached hydrogen (secondary N) is 1. The van der Waals surface area contributed by atoms with Crippen LogP contribution in [-0.4, -0.2) is 4.98 Å². The Morgan fingerprint density at radius 1 is 1.31 bits per heavy atom. The van der Waals surface area contributed by atoms with Crippen LogP contribution in [0.4, 0.5) is 17.2 Å². The standard InChI is InChI=1S/C12H12IN3/c1-8-5-10(14)7-15-12(8)16-11-4-2-3-9(13)6-11/h2-7H,14H2,1H3,(H,15,16). The molecule has 3 nitrogen and oxygen atoms in total. The molecule has 0 spiro atoms. The Morgan fingerprint density at radius 3 is 2.81 bits per heavy atom. The minimum atomic E-state index is 0.686. The summed E-state index contributed by atoms with van der Waals surface area (Å²) in [5.41, 5.74) is 8.41. The monoisotopic (exact) mass is 325 g/mol. The maximum Gasteiger partial charge on any atom is 0.133 e. The highest BCUT2D eigenvalue weighted by molar-refractivity contribution is 14.1. The molecule has 1 heterocycles. The van der Waals surface area contributed by atoms with Gasteiger partial charge in [0.1, 0.15) is 5.82 Å². The molecule has 0 fully saturated rings. The van der Waals surface area contributed by atoms with E-state index in [9.17, 15) is 0 Å². The van der Waals surface area contributed by atoms with Crippen LogP contribution in [0.1, 0.15) is 5.56 Å². The lowest BCUT2D eigenvalue weighted by molar-refractivity contribution is 1.26. The third-order valence-corrected chi connectivity index (χ3v) is 2.86. The third-order valence-electron chi connectivity index (χ3n) is 2.19. The van der Waals surface area contributed by atoms with Gasteiger partial charge in [-0.25, -0.2) is 4.98 Å². The molecule has 4 heteroatoms. The number of nitrogen functional groups attached to an aromatic ring is 1. The van der Waals surface area contributed by atoms with Crippen LogP contribution in [0, 0.1) is 10.5 Å². The molecule has 0 aliphatic carbocycles. The number of anilines is 3. The summed E-state index contributed by atoms with van der Waals surface area (Å²) in [7, 11) is 0. The predicted molar refractivity (Wildman–Crippen MR) is 75.8 cm³/mol. The van der Waals surface area contributed by atoms with Gasteiger partial charge >= 0.3 is 0 Å². The Hall–Kier alpha value is -1.30. The van der Waals surface area contributed by atoms with Crippen LogP contribution in [0.15, 0.2) is 36.5 Å². The zero-order valence-electron chi connectivity index (χ0n) is 8.87. The second kappa shape index (κ2) is 4.69. The first-order chi connectivity index (χ1) is 7.65. The van der Waals surface area contributed by atoms with E-state index in [1.165, 1.54) is 3.57 Å². The average molecular weight is 325 g/mol. The molecular weight excluding hydrogens is 313 g/mol. The molecule has 2 aromatic rings. The van der Waals surface area contributed by atoms with Crippen LogP contribution in [0.2, 0.25) is 0 Å². The molecule has 1 aromatic heterocycles. The van der Waals surface area contributed by atoms with Gasteiger partial charge in [-0.05, 0) is 59.3 Å². The van der Waals surface area contributed by atoms with Crippen molar-refractivity contribution in [2.45, 2.75) is 6.92 Å². The van der Waals surface area contributed by atoms with E-state index in [4.69, 9.17) is 5.73 Å². The second-order valence-electron chi connectivity index (χ2n) is 3.57. The first-order valence-corrected chi connectivity index (χ1v) is 5.98. The first kappa shape index (κ1) is 11.2. The summed E-state index contributed by atoms with van der Waals surface area (Å²) in [5, 5.41) is 3.27. The van der Waals surface area contributed by atoms with Crippen molar-refractivity contribution in [3.63, 3.8) is 0 Å². The van der Waals surface area contributed by atoms with Crippen molar-refractivity contribution >= 4 is 39.8 Å². The van der Waals surface area contributed by atoms with E-state index >= 15 is 0 Å². The summed E-state index contributed by atoms with van der Waals surface area (Å²) in [6.45, 7) is 1.99. The van der Waals surface area contributed by atoms with E-state index in [2.05, 4.69) is 45.0 Å². The highest BCUT2D eigenvalue weighted by Gasteiger charge is 2.01. The van der Waals surface area contributed by atoms with Gasteiger partial charge in [0.15, 0.2) is 0 Å². The number of hydrogen-bond acceptors (Lipinski definition) is 3. The van der Waals surface area contributed by atoms with E-state index in [0.717, 1.165) is 17.1 Å². The maximum absolute atomic E-state index is 5.65. The van der Waals surface area contributed by atoms with E-state index in [1.54, 1.807) is 6.20 Å². The Labute approximate surface area is 108 Å². The molecule has 0 bridgehead atoms. The number of pyridine rings is 1. The number of nitrogens with zero attached hydrogens (tertiary/aromatic N) is 1. The number of benzene rings is 1. The summed E-state index contributed by atoms with van der Waals surface area (Å²) < 4.78 is 1.19. The Balaban J connectivity index is 2.27. The summed E-state index contributed by atoms with van der Waals surface area (Å²) in [4.78, 5) is 4.26. The van der Waals surface area contributed by atoms with Gasteiger partial charge in [0, 0.05) is 9.26 Å². The predicted octanol–water partition coefficient (Wildman–Crippen LogP) is 3.32. The molecule has 0 atom stereocenters. The highest BCUT2D eigenvalue weighted by Crippen LogP contribution is 2.20. The maximum atomic E-state index is 5.65. The molecule has 82 valence electrons. The molecule has 1 aromatic carbocycles. The SMILES string of the molecule is Cc1cc(N)cnc1Nc1cccc(I)c1. The van der Waals surface area contributed by atoms with Crippen molar-refractivity contribution in [3.8, 4) is 0 Å². The molecule has 0 unspecified atom stereocenters. The lowest BCUT2D eigenvalue weighted by Crippen LogP contribution is -1.98. The van der Waals surface area contributed by atoms with Crippen LogP contribution in [0.5, 0.6) is 0 Å². The summed E-state index contributed by atoms with van der Waals surface area (Å²) in [6.07, 6.45) is 1.66. The van der Waals surface area contributed by atoms with Crippen molar-refractivity contribution in [2.75, 3.05) is 11.1 Å². The van der Waals surface area contributed by atoms with Gasteiger partial charge in [0.2, 0.25) is 0 Å². The van der Waals surface area contributed by atoms with E-state index < -0.39 is 0 Å². The quantitative estimate of drug-likeness (QED) is 0.833. The fourth-order valence-electron chi connectivity index (χ4n) is 1.43. The minimum Gasteiger partial charge on any atom is -0.397 e. The van der Waals surface area contributed by atoms with Gasteiger partial charge < -0.3 is 11.1 Å². The molecular formula is C12H12IN3. The number of rotatable bonds is 2. The van der Waals surface area contributed by atoms with Gasteiger partial charge in [0.25, 0.3) is 0 Å². The van der Waals surface area contributed by atoms with Crippen molar-refractivity contribution in [2.24, 2.45) is 0 Å². The highest BCUT2D eigenvalue weighted by atomic mass is 127. The Kier molecular flexibility index (Phi) is 3.28. The lowest BCUT2D eigenvalue weighted by atomic mass is 10.2. The lowest BCUT2D eigenvalue weighted by Gasteiger charge is -2.09. The molecule has 16 heavy (non-hydrogen) atoms. The fraction of sp³-hybridized carbons (Fsp3) is 0.0833. The zero-order chi connectivity index (χ0) is 11.5. The molecule has 2 rings (SSSR count). The van der Waals surface area contributed by atoms with E-state index in [0.29, 0.717) is 5.69 Å². The van der Waals surface area contributed by atoms with E-state index in [-0.39, 0.29) is 0 Å². The molecule has 3 N–H and O–H groups in total. The van der Waals surface area contributed by atoms with Crippen LogP contribution >= 0.6 is 22.6 Å². The number of hydrogen-bond donors (Lipinski definition) is 2. The minimum absolute atomic E-state index is 0.686. The van der Waals surface area contributed by atoms with Gasteiger partial charge in [-0.1, -0.05) is 6.07 Å². The van der Waals surface area contributed by atoms with Gasteiger partial charge in [0.05, 0.1) is 11.9 Å². The van der Waals surface area contributed by atoms with Gasteiger partial charge in [-0.15, -0.1) is 0 Å². The van der Waals surface area contributed by atoms with Crippen LogP contribution in [0.25, 0.3) is 0 Å². The number of aryl methyl sites for hydroxylation is 1. The largest absolute Gasteiger partial charge is 0.397 e. The second-order valence-corrected chi connectivity index (χ2v) is 4.82. The number of aromatic nitrogens is 1. The van der Waals surface area contributed by atoms with Crippen molar-refractivity contribution in [1.29, 1.82) is 0 Å².